The third-order valence-corrected chi connectivity index (χ3v) is 8.75. The summed E-state index contributed by atoms with van der Waals surface area (Å²) >= 11 is 0. The van der Waals surface area contributed by atoms with Gasteiger partial charge in [0.25, 0.3) is 0 Å². The van der Waals surface area contributed by atoms with Crippen LogP contribution in [-0.4, -0.2) is 78.3 Å². The van der Waals surface area contributed by atoms with Gasteiger partial charge < -0.3 is 10.2 Å². The Hall–Kier alpha value is -2.71. The molecule has 248 valence electrons. The molecule has 9 heteroatoms. The molecule has 0 aromatic heterocycles. The van der Waals surface area contributed by atoms with E-state index in [0.29, 0.717) is 32.5 Å². The van der Waals surface area contributed by atoms with E-state index in [4.69, 9.17) is 0 Å². The Kier molecular flexibility index (Phi) is 18.7. The molecule has 0 aromatic rings. The first-order valence-electron chi connectivity index (χ1n) is 17.6. The predicted octanol–water partition coefficient (Wildman–Crippen LogP) is 7.70. The molecule has 2 aliphatic rings. The molecule has 2 rings (SSSR count). The van der Waals surface area contributed by atoms with Crippen LogP contribution >= 0.6 is 0 Å². The average molecular weight is 613 g/mol. The van der Waals surface area contributed by atoms with Crippen LogP contribution in [-0.2, 0) is 9.59 Å². The van der Waals surface area contributed by atoms with Crippen molar-refractivity contribution in [2.75, 3.05) is 19.6 Å². The first kappa shape index (κ1) is 37.5. The van der Waals surface area contributed by atoms with Crippen molar-refractivity contribution in [3.8, 4) is 0 Å². The number of hydrogen-bond acceptors (Lipinski definition) is 7. The fourth-order valence-corrected chi connectivity index (χ4v) is 5.70. The summed E-state index contributed by atoms with van der Waals surface area (Å²) in [6.07, 6.45) is 28.9. The number of aliphatic imine (C=N–C) groups is 4. The van der Waals surface area contributed by atoms with Crippen molar-refractivity contribution in [2.24, 2.45) is 20.0 Å². The number of nitrogens with one attached hydrogen (secondary N) is 1. The monoisotopic (exact) mass is 612 g/mol. The minimum atomic E-state index is -1.04. The highest BCUT2D eigenvalue weighted by Crippen LogP contribution is 2.20. The van der Waals surface area contributed by atoms with Gasteiger partial charge >= 0.3 is 6.03 Å². The molecule has 0 atom stereocenters. The number of ketones is 2. The minimum absolute atomic E-state index is 0.0592. The summed E-state index contributed by atoms with van der Waals surface area (Å²) in [6, 6.07) is -0.142. The molecule has 0 unspecified atom stereocenters. The zero-order chi connectivity index (χ0) is 31.9. The van der Waals surface area contributed by atoms with Crippen molar-refractivity contribution >= 4 is 42.5 Å². The standard InChI is InChI=1S/C35H60N6O3/c1-4-5-6-7-8-9-10-11-12-13-14-15-16-17-18-19-24-36-33(44)41(29-20-22-31(42)34(2)37-25-26-38-34)30-21-23-32(43)35(3)39-27-28-40-35/h25-28H,4-24,29-30H2,1-3H3,(H,36,44). The number of hydrogen-bond donors (Lipinski definition) is 1. The number of nitrogens with zero attached hydrogens (tertiary/aromatic N) is 5. The Balaban J connectivity index is 1.58. The van der Waals surface area contributed by atoms with Crippen LogP contribution in [0.5, 0.6) is 0 Å². The second-order valence-corrected chi connectivity index (χ2v) is 12.7. The van der Waals surface area contributed by atoms with Crippen molar-refractivity contribution < 1.29 is 14.4 Å². The average Bonchev–Trinajstić information content (AvgIpc) is 3.67. The maximum Gasteiger partial charge on any atom is 0.317 e. The lowest BCUT2D eigenvalue weighted by Crippen LogP contribution is -2.42. The predicted molar refractivity (Wildman–Crippen MR) is 184 cm³/mol. The smallest absolute Gasteiger partial charge is 0.317 e. The molecular weight excluding hydrogens is 552 g/mol. The molecule has 0 aliphatic carbocycles. The number of urea groups is 1. The fraction of sp³-hybridized carbons (Fsp3) is 0.800. The lowest BCUT2D eigenvalue weighted by Gasteiger charge is -2.24. The lowest BCUT2D eigenvalue weighted by atomic mass is 10.0. The molecule has 1 N–H and O–H groups in total. The zero-order valence-electron chi connectivity index (χ0n) is 28.0. The first-order chi connectivity index (χ1) is 21.3. The van der Waals surface area contributed by atoms with Crippen LogP contribution in [0.3, 0.4) is 0 Å². The second-order valence-electron chi connectivity index (χ2n) is 12.7. The molecule has 2 aliphatic heterocycles. The van der Waals surface area contributed by atoms with Gasteiger partial charge in [0, 0.05) is 57.3 Å². The summed E-state index contributed by atoms with van der Waals surface area (Å²) in [5.74, 6) is -0.118. The summed E-state index contributed by atoms with van der Waals surface area (Å²) in [5.41, 5.74) is -2.07. The Bertz CT molecular complexity index is 898. The SMILES string of the molecule is CCCCCCCCCCCCCCCCCCNC(=O)N(CCCC(=O)C1(C)N=CC=N1)CCCC(=O)C1(C)N=CC=N1. The van der Waals surface area contributed by atoms with Crippen molar-refractivity contribution in [3.63, 3.8) is 0 Å². The van der Waals surface area contributed by atoms with E-state index in [1.165, 1.54) is 89.9 Å². The van der Waals surface area contributed by atoms with Crippen LogP contribution in [0.2, 0.25) is 0 Å². The molecule has 0 radical (unpaired) electrons. The van der Waals surface area contributed by atoms with Crippen molar-refractivity contribution in [2.45, 2.75) is 161 Å². The number of carbonyl (C=O) groups is 3. The molecule has 9 nitrogen and oxygen atoms in total. The van der Waals surface area contributed by atoms with E-state index in [0.717, 1.165) is 12.8 Å². The highest BCUT2D eigenvalue weighted by molar-refractivity contribution is 6.20. The topological polar surface area (TPSA) is 116 Å². The third kappa shape index (κ3) is 14.8. The van der Waals surface area contributed by atoms with E-state index < -0.39 is 11.3 Å². The van der Waals surface area contributed by atoms with Crippen molar-refractivity contribution in [1.29, 1.82) is 0 Å². The third-order valence-electron chi connectivity index (χ3n) is 8.75. The molecule has 2 heterocycles. The number of amides is 2. The van der Waals surface area contributed by atoms with E-state index in [2.05, 4.69) is 32.2 Å². The van der Waals surface area contributed by atoms with Crippen molar-refractivity contribution in [1.82, 2.24) is 10.2 Å². The second kappa shape index (κ2) is 21.9. The van der Waals surface area contributed by atoms with Gasteiger partial charge in [-0.3, -0.25) is 29.6 Å². The molecule has 0 spiro atoms. The molecule has 0 fully saturated rings. The Morgan fingerprint density at radius 2 is 0.886 bits per heavy atom. The summed E-state index contributed by atoms with van der Waals surface area (Å²) in [4.78, 5) is 56.7. The first-order valence-corrected chi connectivity index (χ1v) is 17.6. The summed E-state index contributed by atoms with van der Waals surface area (Å²) in [6.45, 7) is 7.18. The zero-order valence-corrected chi connectivity index (χ0v) is 28.0. The van der Waals surface area contributed by atoms with Gasteiger partial charge in [0.05, 0.1) is 0 Å². The van der Waals surface area contributed by atoms with Gasteiger partial charge in [-0.05, 0) is 33.1 Å². The molecule has 0 bridgehead atoms. The van der Waals surface area contributed by atoms with Crippen LogP contribution < -0.4 is 5.32 Å². The van der Waals surface area contributed by atoms with Gasteiger partial charge in [0.15, 0.2) is 11.6 Å². The van der Waals surface area contributed by atoms with Crippen LogP contribution in [0.4, 0.5) is 4.79 Å². The maximum atomic E-state index is 13.0. The van der Waals surface area contributed by atoms with Crippen LogP contribution in [0.15, 0.2) is 20.0 Å². The van der Waals surface area contributed by atoms with Gasteiger partial charge in [-0.15, -0.1) is 0 Å². The van der Waals surface area contributed by atoms with E-state index >= 15 is 0 Å². The van der Waals surface area contributed by atoms with E-state index in [-0.39, 0.29) is 30.4 Å². The Morgan fingerprint density at radius 3 is 1.25 bits per heavy atom. The van der Waals surface area contributed by atoms with Gasteiger partial charge in [-0.2, -0.15) is 0 Å². The normalized spacial score (nSPS) is 15.7. The number of unbranched alkanes of at least 4 members (excludes halogenated alkanes) is 15. The quantitative estimate of drug-likeness (QED) is 0.0958. The molecule has 0 saturated carbocycles. The fourth-order valence-electron chi connectivity index (χ4n) is 5.70. The van der Waals surface area contributed by atoms with E-state index in [1.807, 2.05) is 0 Å². The largest absolute Gasteiger partial charge is 0.338 e. The van der Waals surface area contributed by atoms with Crippen LogP contribution in [0, 0.1) is 0 Å². The van der Waals surface area contributed by atoms with Crippen molar-refractivity contribution in [3.05, 3.63) is 0 Å². The maximum absolute atomic E-state index is 13.0. The van der Waals surface area contributed by atoms with E-state index in [1.54, 1.807) is 43.6 Å². The van der Waals surface area contributed by atoms with Gasteiger partial charge in [0.1, 0.15) is 0 Å². The lowest BCUT2D eigenvalue weighted by molar-refractivity contribution is -0.123. The highest BCUT2D eigenvalue weighted by atomic mass is 16.2. The summed E-state index contributed by atoms with van der Waals surface area (Å²) in [7, 11) is 0. The minimum Gasteiger partial charge on any atom is -0.338 e. The van der Waals surface area contributed by atoms with Gasteiger partial charge in [-0.1, -0.05) is 103 Å². The summed E-state index contributed by atoms with van der Waals surface area (Å²) < 4.78 is 0. The molecule has 0 aromatic carbocycles. The number of rotatable bonds is 27. The molecule has 44 heavy (non-hydrogen) atoms. The number of carbonyl (C=O) groups excluding carboxylic acids is 3. The highest BCUT2D eigenvalue weighted by Gasteiger charge is 2.33. The van der Waals surface area contributed by atoms with Crippen LogP contribution in [0.1, 0.15) is 149 Å². The summed E-state index contributed by atoms with van der Waals surface area (Å²) in [5, 5.41) is 3.06. The van der Waals surface area contributed by atoms with Crippen LogP contribution in [0.25, 0.3) is 0 Å². The number of Topliss-reactive ketones (excluding diaryl/α,β-unsaturated/α-hetero) is 2. The van der Waals surface area contributed by atoms with Gasteiger partial charge in [-0.25, -0.2) is 4.79 Å². The Morgan fingerprint density at radius 1 is 0.545 bits per heavy atom. The molecular formula is C35H60N6O3. The van der Waals surface area contributed by atoms with Gasteiger partial charge in [0.2, 0.25) is 11.3 Å². The molecule has 2 amide bonds. The Labute approximate surface area is 267 Å². The van der Waals surface area contributed by atoms with E-state index in [9.17, 15) is 14.4 Å². The molecule has 0 saturated heterocycles.